The van der Waals surface area contributed by atoms with E-state index >= 15 is 0 Å². The van der Waals surface area contributed by atoms with Crippen LogP contribution in [0.4, 0.5) is 5.69 Å². The average Bonchev–Trinajstić information content (AvgIpc) is 3.35. The van der Waals surface area contributed by atoms with Gasteiger partial charge in [0.1, 0.15) is 6.26 Å². The fraction of sp³-hybridized carbons (Fsp3) is 0.333. The lowest BCUT2D eigenvalue weighted by Gasteiger charge is -2.28. The predicted octanol–water partition coefficient (Wildman–Crippen LogP) is 5.50. The molecule has 1 saturated carbocycles. The molecule has 188 valence electrons. The Morgan fingerprint density at radius 1 is 1.03 bits per heavy atom. The summed E-state index contributed by atoms with van der Waals surface area (Å²) < 4.78 is 5.37. The van der Waals surface area contributed by atoms with E-state index in [1.807, 2.05) is 24.3 Å². The van der Waals surface area contributed by atoms with Gasteiger partial charge < -0.3 is 20.2 Å². The SMILES string of the molecule is O=C(O)CC1CCC(c2ccc(NC(=O)CCNC(=O)c3coc(-c4ccccc4Cl)n3)cc2)CC1. The van der Waals surface area contributed by atoms with Gasteiger partial charge >= 0.3 is 5.97 Å². The molecule has 1 fully saturated rings. The minimum atomic E-state index is -0.723. The maximum atomic E-state index is 12.3. The number of amides is 2. The fourth-order valence-corrected chi connectivity index (χ4v) is 4.74. The maximum absolute atomic E-state index is 12.3. The second-order valence-corrected chi connectivity index (χ2v) is 9.42. The van der Waals surface area contributed by atoms with Crippen LogP contribution in [0.15, 0.2) is 59.2 Å². The zero-order chi connectivity index (χ0) is 25.5. The Morgan fingerprint density at radius 2 is 1.75 bits per heavy atom. The molecule has 4 rings (SSSR count). The van der Waals surface area contributed by atoms with Crippen molar-refractivity contribution in [2.45, 2.75) is 44.4 Å². The summed E-state index contributed by atoms with van der Waals surface area (Å²) in [5.74, 6) is -0.433. The van der Waals surface area contributed by atoms with Crippen molar-refractivity contribution in [1.82, 2.24) is 10.3 Å². The highest BCUT2D eigenvalue weighted by Crippen LogP contribution is 2.37. The topological polar surface area (TPSA) is 122 Å². The highest BCUT2D eigenvalue weighted by Gasteiger charge is 2.24. The van der Waals surface area contributed by atoms with Crippen LogP contribution in [-0.4, -0.2) is 34.4 Å². The summed E-state index contributed by atoms with van der Waals surface area (Å²) in [5, 5.41) is 15.0. The maximum Gasteiger partial charge on any atom is 0.303 e. The van der Waals surface area contributed by atoms with E-state index in [0.29, 0.717) is 22.2 Å². The molecule has 3 N–H and O–H groups in total. The molecule has 0 radical (unpaired) electrons. The summed E-state index contributed by atoms with van der Waals surface area (Å²) in [6, 6.07) is 14.8. The van der Waals surface area contributed by atoms with Gasteiger partial charge in [-0.1, -0.05) is 35.9 Å². The van der Waals surface area contributed by atoms with Gasteiger partial charge in [-0.05, 0) is 67.3 Å². The number of hydrogen-bond acceptors (Lipinski definition) is 5. The van der Waals surface area contributed by atoms with E-state index in [1.165, 1.54) is 11.8 Å². The van der Waals surface area contributed by atoms with Crippen molar-refractivity contribution < 1.29 is 23.9 Å². The monoisotopic (exact) mass is 509 g/mol. The number of aromatic nitrogens is 1. The Kier molecular flexibility index (Phi) is 8.38. The van der Waals surface area contributed by atoms with Crippen molar-refractivity contribution in [1.29, 1.82) is 0 Å². The molecule has 8 nitrogen and oxygen atoms in total. The van der Waals surface area contributed by atoms with E-state index in [1.54, 1.807) is 24.3 Å². The second-order valence-electron chi connectivity index (χ2n) is 9.01. The first-order chi connectivity index (χ1) is 17.4. The first kappa shape index (κ1) is 25.4. The molecule has 3 aromatic rings. The molecule has 0 saturated heterocycles. The number of nitrogens with one attached hydrogen (secondary N) is 2. The summed E-state index contributed by atoms with van der Waals surface area (Å²) in [7, 11) is 0. The van der Waals surface area contributed by atoms with E-state index in [0.717, 1.165) is 25.7 Å². The van der Waals surface area contributed by atoms with Crippen LogP contribution < -0.4 is 10.6 Å². The van der Waals surface area contributed by atoms with E-state index in [9.17, 15) is 14.4 Å². The van der Waals surface area contributed by atoms with Crippen LogP contribution >= 0.6 is 11.6 Å². The molecule has 9 heteroatoms. The number of carboxylic acid groups (broad SMARTS) is 1. The molecule has 1 heterocycles. The first-order valence-electron chi connectivity index (χ1n) is 12.0. The number of aliphatic carboxylic acids is 1. The molecule has 0 bridgehead atoms. The van der Waals surface area contributed by atoms with Crippen LogP contribution in [0.1, 0.15) is 60.5 Å². The zero-order valence-corrected chi connectivity index (χ0v) is 20.5. The van der Waals surface area contributed by atoms with Gasteiger partial charge in [-0.15, -0.1) is 0 Å². The van der Waals surface area contributed by atoms with Gasteiger partial charge in [-0.2, -0.15) is 0 Å². The number of halogens is 1. The summed E-state index contributed by atoms with van der Waals surface area (Å²) in [6.45, 7) is 0.149. The van der Waals surface area contributed by atoms with Crippen molar-refractivity contribution >= 4 is 35.1 Å². The van der Waals surface area contributed by atoms with Crippen molar-refractivity contribution in [2.75, 3.05) is 11.9 Å². The van der Waals surface area contributed by atoms with Crippen LogP contribution in [0.25, 0.3) is 11.5 Å². The summed E-state index contributed by atoms with van der Waals surface area (Å²) in [5.41, 5.74) is 2.60. The lowest BCUT2D eigenvalue weighted by molar-refractivity contribution is -0.138. The van der Waals surface area contributed by atoms with Crippen molar-refractivity contribution in [3.63, 3.8) is 0 Å². The standard InChI is InChI=1S/C27H28ClN3O5/c28-22-4-2-1-3-21(22)27-31-23(16-36-27)26(35)29-14-13-24(32)30-20-11-9-19(10-12-20)18-7-5-17(6-8-18)15-25(33)34/h1-4,9-12,16-18H,5-8,13-15H2,(H,29,35)(H,30,32)(H,33,34). The molecule has 0 unspecified atom stereocenters. The van der Waals surface area contributed by atoms with E-state index in [4.69, 9.17) is 21.1 Å². The Labute approximate surface area is 214 Å². The van der Waals surface area contributed by atoms with Gasteiger partial charge in [0.25, 0.3) is 5.91 Å². The highest BCUT2D eigenvalue weighted by atomic mass is 35.5. The molecule has 2 aromatic carbocycles. The van der Waals surface area contributed by atoms with E-state index in [2.05, 4.69) is 15.6 Å². The second kappa shape index (κ2) is 11.9. The highest BCUT2D eigenvalue weighted by molar-refractivity contribution is 6.33. The Balaban J connectivity index is 1.20. The third-order valence-electron chi connectivity index (χ3n) is 6.45. The van der Waals surface area contributed by atoms with Crippen LogP contribution in [0.3, 0.4) is 0 Å². The van der Waals surface area contributed by atoms with Crippen molar-refractivity contribution in [3.8, 4) is 11.5 Å². The van der Waals surface area contributed by atoms with Gasteiger partial charge in [-0.3, -0.25) is 14.4 Å². The number of carboxylic acids is 1. The molecule has 1 aliphatic rings. The number of hydrogen-bond donors (Lipinski definition) is 3. The number of carbonyl (C=O) groups is 3. The number of oxazole rings is 1. The Hall–Kier alpha value is -3.65. The van der Waals surface area contributed by atoms with E-state index in [-0.39, 0.29) is 42.8 Å². The summed E-state index contributed by atoms with van der Waals surface area (Å²) in [4.78, 5) is 39.7. The third kappa shape index (κ3) is 6.73. The largest absolute Gasteiger partial charge is 0.481 e. The van der Waals surface area contributed by atoms with Gasteiger partial charge in [-0.25, -0.2) is 4.98 Å². The normalized spacial score (nSPS) is 17.4. The minimum Gasteiger partial charge on any atom is -0.481 e. The van der Waals surface area contributed by atoms with Crippen LogP contribution in [0.2, 0.25) is 5.02 Å². The number of rotatable bonds is 9. The molecular weight excluding hydrogens is 482 g/mol. The molecule has 0 spiro atoms. The summed E-state index contributed by atoms with van der Waals surface area (Å²) >= 11 is 6.14. The summed E-state index contributed by atoms with van der Waals surface area (Å²) in [6.07, 6.45) is 5.43. The Bertz CT molecular complexity index is 1220. The van der Waals surface area contributed by atoms with Gasteiger partial charge in [0.05, 0.1) is 10.6 Å². The average molecular weight is 510 g/mol. The van der Waals surface area contributed by atoms with E-state index < -0.39 is 11.9 Å². The van der Waals surface area contributed by atoms with Crippen molar-refractivity contribution in [3.05, 3.63) is 71.1 Å². The smallest absolute Gasteiger partial charge is 0.303 e. The predicted molar refractivity (Wildman–Crippen MR) is 136 cm³/mol. The van der Waals surface area contributed by atoms with Gasteiger partial charge in [0, 0.05) is 25.1 Å². The lowest BCUT2D eigenvalue weighted by Crippen LogP contribution is -2.27. The molecule has 0 aliphatic heterocycles. The zero-order valence-electron chi connectivity index (χ0n) is 19.7. The van der Waals surface area contributed by atoms with Crippen LogP contribution in [-0.2, 0) is 9.59 Å². The quantitative estimate of drug-likeness (QED) is 0.350. The number of nitrogens with zero attached hydrogens (tertiary/aromatic N) is 1. The van der Waals surface area contributed by atoms with Gasteiger partial charge in [0.15, 0.2) is 5.69 Å². The number of benzene rings is 2. The van der Waals surface area contributed by atoms with Crippen LogP contribution in [0, 0.1) is 5.92 Å². The number of carbonyl (C=O) groups excluding carboxylic acids is 2. The number of anilines is 1. The molecule has 2 amide bonds. The minimum absolute atomic E-state index is 0.107. The fourth-order valence-electron chi connectivity index (χ4n) is 4.53. The molecule has 36 heavy (non-hydrogen) atoms. The first-order valence-corrected chi connectivity index (χ1v) is 12.4. The molecule has 1 aromatic heterocycles. The Morgan fingerprint density at radius 3 is 2.44 bits per heavy atom. The van der Waals surface area contributed by atoms with Gasteiger partial charge in [0.2, 0.25) is 11.8 Å². The molecular formula is C27H28ClN3O5. The molecule has 1 aliphatic carbocycles. The van der Waals surface area contributed by atoms with Crippen LogP contribution in [0.5, 0.6) is 0 Å². The molecule has 0 atom stereocenters. The third-order valence-corrected chi connectivity index (χ3v) is 6.78. The lowest BCUT2D eigenvalue weighted by atomic mass is 9.77. The van der Waals surface area contributed by atoms with Crippen molar-refractivity contribution in [2.24, 2.45) is 5.92 Å².